The van der Waals surface area contributed by atoms with Crippen molar-refractivity contribution < 1.29 is 14.6 Å². The second-order valence-corrected chi connectivity index (χ2v) is 2.91. The molecule has 72 valence electrons. The maximum atomic E-state index is 10.7. The summed E-state index contributed by atoms with van der Waals surface area (Å²) in [6.07, 6.45) is 0.421. The summed E-state index contributed by atoms with van der Waals surface area (Å²) in [7, 11) is 1.33. The molecule has 0 saturated heterocycles. The Hall–Kier alpha value is -0.320. The van der Waals surface area contributed by atoms with Crippen LogP contribution in [0.5, 0.6) is 0 Å². The third kappa shape index (κ3) is 2.33. The molecule has 3 atom stereocenters. The minimum Gasteiger partial charge on any atom is -0.469 e. The quantitative estimate of drug-likeness (QED) is 0.593. The first-order valence-electron chi connectivity index (χ1n) is 3.65. The normalized spacial score (nSPS) is 33.1. The fraction of sp³-hybridized carbons (Fsp3) is 0.857. The van der Waals surface area contributed by atoms with Crippen molar-refractivity contribution in [3.63, 3.8) is 0 Å². The number of carbonyl (C=O) groups is 1. The Bertz CT molecular complexity index is 157. The number of hydrogen-bond donors (Lipinski definition) is 2. The molecular weight excluding hydrogens is 182 g/mol. The van der Waals surface area contributed by atoms with Gasteiger partial charge in [-0.2, -0.15) is 0 Å². The molecule has 0 bridgehead atoms. The average molecular weight is 196 g/mol. The molecule has 12 heavy (non-hydrogen) atoms. The highest BCUT2D eigenvalue weighted by molar-refractivity contribution is 5.85. The van der Waals surface area contributed by atoms with Crippen LogP contribution < -0.4 is 5.73 Å². The minimum atomic E-state index is -0.413. The van der Waals surface area contributed by atoms with Crippen LogP contribution in [0.4, 0.5) is 0 Å². The lowest BCUT2D eigenvalue weighted by molar-refractivity contribution is -0.145. The second-order valence-electron chi connectivity index (χ2n) is 2.91. The first-order chi connectivity index (χ1) is 5.15. The Morgan fingerprint density at radius 3 is 2.67 bits per heavy atom. The van der Waals surface area contributed by atoms with Crippen molar-refractivity contribution in [2.45, 2.75) is 25.0 Å². The molecular formula is C7H14ClNO3. The van der Waals surface area contributed by atoms with Gasteiger partial charge in [-0.25, -0.2) is 0 Å². The zero-order valence-electron chi connectivity index (χ0n) is 6.90. The molecule has 0 aromatic rings. The van der Waals surface area contributed by atoms with E-state index in [0.717, 1.165) is 0 Å². The van der Waals surface area contributed by atoms with E-state index in [2.05, 4.69) is 4.74 Å². The van der Waals surface area contributed by atoms with Crippen LogP contribution in [0.1, 0.15) is 12.8 Å². The summed E-state index contributed by atoms with van der Waals surface area (Å²) < 4.78 is 4.45. The largest absolute Gasteiger partial charge is 0.469 e. The molecule has 0 aliphatic heterocycles. The Balaban J connectivity index is 0.00000121. The van der Waals surface area contributed by atoms with Crippen LogP contribution in [0.15, 0.2) is 0 Å². The molecule has 0 aromatic heterocycles. The molecule has 3 N–H and O–H groups in total. The smallest absolute Gasteiger partial charge is 0.305 e. The van der Waals surface area contributed by atoms with Crippen molar-refractivity contribution in [3.05, 3.63) is 0 Å². The lowest BCUT2D eigenvalue weighted by atomic mass is 9.75. The highest BCUT2D eigenvalue weighted by Gasteiger charge is 2.38. The van der Waals surface area contributed by atoms with Crippen LogP contribution >= 0.6 is 12.4 Å². The summed E-state index contributed by atoms with van der Waals surface area (Å²) in [6.45, 7) is 0. The number of aliphatic hydroxyl groups excluding tert-OH is 1. The molecule has 5 heteroatoms. The molecule has 0 aromatic carbocycles. The Morgan fingerprint density at radius 2 is 2.33 bits per heavy atom. The molecule has 0 amide bonds. The highest BCUT2D eigenvalue weighted by Crippen LogP contribution is 2.29. The molecule has 0 radical (unpaired) electrons. The number of esters is 1. The van der Waals surface area contributed by atoms with Gasteiger partial charge in [0.05, 0.1) is 19.6 Å². The van der Waals surface area contributed by atoms with E-state index in [1.54, 1.807) is 0 Å². The van der Waals surface area contributed by atoms with Crippen molar-refractivity contribution in [3.8, 4) is 0 Å². The first kappa shape index (κ1) is 11.7. The maximum Gasteiger partial charge on any atom is 0.305 e. The van der Waals surface area contributed by atoms with Crippen LogP contribution in [0.2, 0.25) is 0 Å². The summed E-state index contributed by atoms with van der Waals surface area (Å²) in [5, 5.41) is 9.13. The van der Waals surface area contributed by atoms with Crippen molar-refractivity contribution in [1.82, 2.24) is 0 Å². The van der Waals surface area contributed by atoms with Gasteiger partial charge < -0.3 is 15.6 Å². The Morgan fingerprint density at radius 1 is 1.75 bits per heavy atom. The third-order valence-corrected chi connectivity index (χ3v) is 2.19. The van der Waals surface area contributed by atoms with Crippen LogP contribution in [0.25, 0.3) is 0 Å². The molecule has 1 aliphatic rings. The van der Waals surface area contributed by atoms with Crippen molar-refractivity contribution in [2.75, 3.05) is 7.11 Å². The van der Waals surface area contributed by atoms with Gasteiger partial charge in [0, 0.05) is 12.0 Å². The number of hydrogen-bond acceptors (Lipinski definition) is 4. The van der Waals surface area contributed by atoms with E-state index in [1.165, 1.54) is 7.11 Å². The molecule has 1 aliphatic carbocycles. The lowest BCUT2D eigenvalue weighted by Crippen LogP contribution is -2.51. The third-order valence-electron chi connectivity index (χ3n) is 2.19. The molecule has 4 nitrogen and oxygen atoms in total. The van der Waals surface area contributed by atoms with Crippen molar-refractivity contribution in [2.24, 2.45) is 11.7 Å². The number of halogens is 1. The van der Waals surface area contributed by atoms with Gasteiger partial charge in [0.15, 0.2) is 0 Å². The number of aliphatic hydroxyl groups is 1. The van der Waals surface area contributed by atoms with E-state index >= 15 is 0 Å². The zero-order chi connectivity index (χ0) is 8.43. The number of nitrogens with two attached hydrogens (primary N) is 1. The molecule has 3 unspecified atom stereocenters. The monoisotopic (exact) mass is 195 g/mol. The predicted molar refractivity (Wildman–Crippen MR) is 46.0 cm³/mol. The molecule has 1 rings (SSSR count). The summed E-state index contributed by atoms with van der Waals surface area (Å²) >= 11 is 0. The van der Waals surface area contributed by atoms with Gasteiger partial charge in [-0.15, -0.1) is 12.4 Å². The van der Waals surface area contributed by atoms with Crippen LogP contribution in [0, 0.1) is 5.92 Å². The summed E-state index contributed by atoms with van der Waals surface area (Å²) in [4.78, 5) is 10.7. The van der Waals surface area contributed by atoms with Gasteiger partial charge in [-0.1, -0.05) is 0 Å². The Labute approximate surface area is 77.5 Å². The second kappa shape index (κ2) is 4.64. The van der Waals surface area contributed by atoms with Gasteiger partial charge in [-0.05, 0) is 6.42 Å². The minimum absolute atomic E-state index is 0. The van der Waals surface area contributed by atoms with E-state index in [9.17, 15) is 4.79 Å². The zero-order valence-corrected chi connectivity index (χ0v) is 7.71. The average Bonchev–Trinajstić information content (AvgIpc) is 2.00. The predicted octanol–water partition coefficient (Wildman–Crippen LogP) is -0.321. The van der Waals surface area contributed by atoms with Gasteiger partial charge in [0.1, 0.15) is 0 Å². The lowest BCUT2D eigenvalue weighted by Gasteiger charge is -2.38. The highest BCUT2D eigenvalue weighted by atomic mass is 35.5. The van der Waals surface area contributed by atoms with Crippen molar-refractivity contribution in [1.29, 1.82) is 0 Å². The Kier molecular flexibility index (Phi) is 4.52. The molecule has 0 heterocycles. The SMILES string of the molecule is COC(=O)CC1C(N)CC1O.Cl. The van der Waals surface area contributed by atoms with Crippen LogP contribution in [-0.4, -0.2) is 30.3 Å². The van der Waals surface area contributed by atoms with E-state index in [0.29, 0.717) is 6.42 Å². The van der Waals surface area contributed by atoms with Crippen LogP contribution in [0.3, 0.4) is 0 Å². The van der Waals surface area contributed by atoms with Crippen molar-refractivity contribution >= 4 is 18.4 Å². The van der Waals surface area contributed by atoms with E-state index in [1.807, 2.05) is 0 Å². The fourth-order valence-electron chi connectivity index (χ4n) is 1.28. The molecule has 0 spiro atoms. The van der Waals surface area contributed by atoms with Gasteiger partial charge in [0.2, 0.25) is 0 Å². The summed E-state index contributed by atoms with van der Waals surface area (Å²) in [6, 6.07) is -0.0379. The summed E-state index contributed by atoms with van der Waals surface area (Å²) in [5.74, 6) is -0.397. The standard InChI is InChI=1S/C7H13NO3.ClH/c1-11-7(10)2-4-5(8)3-6(4)9;/h4-6,9H,2-3,8H2,1H3;1H. The fourth-order valence-corrected chi connectivity index (χ4v) is 1.28. The summed E-state index contributed by atoms with van der Waals surface area (Å²) in [5.41, 5.74) is 5.55. The number of ether oxygens (including phenoxy) is 1. The number of carbonyl (C=O) groups excluding carboxylic acids is 1. The molecule has 1 fully saturated rings. The van der Waals surface area contributed by atoms with E-state index in [-0.39, 0.29) is 36.8 Å². The van der Waals surface area contributed by atoms with E-state index < -0.39 is 6.10 Å². The number of methoxy groups -OCH3 is 1. The van der Waals surface area contributed by atoms with E-state index in [4.69, 9.17) is 10.8 Å². The maximum absolute atomic E-state index is 10.7. The molecule has 1 saturated carbocycles. The van der Waals surface area contributed by atoms with Gasteiger partial charge in [0.25, 0.3) is 0 Å². The number of rotatable bonds is 2. The van der Waals surface area contributed by atoms with Gasteiger partial charge in [-0.3, -0.25) is 4.79 Å². The topological polar surface area (TPSA) is 72.5 Å². The first-order valence-corrected chi connectivity index (χ1v) is 3.65. The van der Waals surface area contributed by atoms with Gasteiger partial charge >= 0.3 is 5.97 Å². The van der Waals surface area contributed by atoms with Crippen LogP contribution in [-0.2, 0) is 9.53 Å².